The number of carbonyl (C=O) groups is 3. The summed E-state index contributed by atoms with van der Waals surface area (Å²) in [4.78, 5) is 36.0. The Kier molecular flexibility index (Phi) is 6.23. The lowest BCUT2D eigenvalue weighted by Gasteiger charge is -2.37. The molecule has 0 aromatic heterocycles. The molecule has 2 rings (SSSR count). The molecule has 142 valence electrons. The van der Waals surface area contributed by atoms with E-state index in [1.165, 1.54) is 0 Å². The smallest absolute Gasteiger partial charge is 0.407 e. The van der Waals surface area contributed by atoms with Gasteiger partial charge < -0.3 is 14.7 Å². The average molecular weight is 373 g/mol. The van der Waals surface area contributed by atoms with Gasteiger partial charge in [0.2, 0.25) is 0 Å². The van der Waals surface area contributed by atoms with Crippen molar-refractivity contribution in [3.8, 4) is 0 Å². The highest BCUT2D eigenvalue weighted by Gasteiger charge is 2.37. The van der Waals surface area contributed by atoms with Gasteiger partial charge in [-0.05, 0) is 25.8 Å². The maximum atomic E-state index is 14.1. The second kappa shape index (κ2) is 8.20. The number of amides is 1. The third kappa shape index (κ3) is 4.33. The number of likely N-dealkylation sites (tertiary alicyclic amines) is 1. The van der Waals surface area contributed by atoms with Crippen LogP contribution in [0.1, 0.15) is 37.8 Å². The minimum Gasteiger partial charge on any atom is -0.466 e. The van der Waals surface area contributed by atoms with Gasteiger partial charge in [0.1, 0.15) is 18.0 Å². The van der Waals surface area contributed by atoms with Gasteiger partial charge in [0.15, 0.2) is 11.6 Å². The molecule has 1 aromatic carbocycles. The van der Waals surface area contributed by atoms with E-state index in [0.717, 1.165) is 4.90 Å². The summed E-state index contributed by atoms with van der Waals surface area (Å²) in [5, 5.41) is 9.30. The fourth-order valence-corrected chi connectivity index (χ4v) is 3.07. The number of benzene rings is 1. The highest BCUT2D eigenvalue weighted by atomic mass is 19.2. The number of ketones is 1. The van der Waals surface area contributed by atoms with Gasteiger partial charge in [0.25, 0.3) is 0 Å². The number of hydrogen-bond donors (Lipinski definition) is 1. The van der Waals surface area contributed by atoms with Gasteiger partial charge in [-0.1, -0.05) is 0 Å². The highest BCUT2D eigenvalue weighted by Crippen LogP contribution is 2.37. The molecule has 6 nitrogen and oxygen atoms in total. The standard InChI is InChI=1S/C17H18F3NO5/c1-2-26-16(23)8-15(22)9-3-4-21(17(24)25)14(5-9)10-6-12(19)13(20)7-11(10)18/h6-7,9,14H,2-5,8H2,1H3,(H,24,25). The maximum absolute atomic E-state index is 14.1. The first-order valence-corrected chi connectivity index (χ1v) is 8.06. The molecule has 1 aliphatic rings. The highest BCUT2D eigenvalue weighted by molar-refractivity contribution is 5.96. The quantitative estimate of drug-likeness (QED) is 0.487. The van der Waals surface area contributed by atoms with E-state index in [4.69, 9.17) is 4.74 Å². The van der Waals surface area contributed by atoms with Crippen molar-refractivity contribution in [3.05, 3.63) is 35.1 Å². The Bertz CT molecular complexity index is 725. The van der Waals surface area contributed by atoms with Crippen molar-refractivity contribution in [1.82, 2.24) is 4.90 Å². The van der Waals surface area contributed by atoms with Crippen LogP contribution < -0.4 is 0 Å². The van der Waals surface area contributed by atoms with Crippen LogP contribution in [0.2, 0.25) is 0 Å². The summed E-state index contributed by atoms with van der Waals surface area (Å²) in [5.41, 5.74) is -0.347. The lowest BCUT2D eigenvalue weighted by atomic mass is 9.83. The summed E-state index contributed by atoms with van der Waals surface area (Å²) in [6, 6.07) is -0.217. The van der Waals surface area contributed by atoms with E-state index >= 15 is 0 Å². The van der Waals surface area contributed by atoms with Crippen LogP contribution >= 0.6 is 0 Å². The lowest BCUT2D eigenvalue weighted by Crippen LogP contribution is -2.42. The van der Waals surface area contributed by atoms with Crippen LogP contribution in [0.3, 0.4) is 0 Å². The number of hydrogen-bond acceptors (Lipinski definition) is 4. The fraction of sp³-hybridized carbons (Fsp3) is 0.471. The van der Waals surface area contributed by atoms with E-state index in [1.54, 1.807) is 6.92 Å². The van der Waals surface area contributed by atoms with Crippen LogP contribution in [-0.2, 0) is 14.3 Å². The number of piperidine rings is 1. The van der Waals surface area contributed by atoms with Crippen molar-refractivity contribution in [3.63, 3.8) is 0 Å². The zero-order valence-electron chi connectivity index (χ0n) is 14.0. The predicted molar refractivity (Wildman–Crippen MR) is 82.8 cm³/mol. The molecule has 9 heteroatoms. The van der Waals surface area contributed by atoms with E-state index in [2.05, 4.69) is 0 Å². The average Bonchev–Trinajstić information content (AvgIpc) is 2.57. The zero-order valence-corrected chi connectivity index (χ0v) is 14.0. The molecule has 0 radical (unpaired) electrons. The Hall–Kier alpha value is -2.58. The van der Waals surface area contributed by atoms with Crippen molar-refractivity contribution < 1.29 is 37.4 Å². The predicted octanol–water partition coefficient (Wildman–Crippen LogP) is 3.06. The molecule has 1 N–H and O–H groups in total. The second-order valence-electron chi connectivity index (χ2n) is 5.95. The number of ether oxygens (including phenoxy) is 1. The normalized spacial score (nSPS) is 19.9. The fourth-order valence-electron chi connectivity index (χ4n) is 3.07. The third-order valence-electron chi connectivity index (χ3n) is 4.33. The molecule has 1 saturated heterocycles. The van der Waals surface area contributed by atoms with Crippen molar-refractivity contribution >= 4 is 17.8 Å². The van der Waals surface area contributed by atoms with Crippen LogP contribution in [0.25, 0.3) is 0 Å². The summed E-state index contributed by atoms with van der Waals surface area (Å²) < 4.78 is 45.5. The van der Waals surface area contributed by atoms with E-state index in [0.29, 0.717) is 12.1 Å². The maximum Gasteiger partial charge on any atom is 0.407 e. The largest absolute Gasteiger partial charge is 0.466 e. The first kappa shape index (κ1) is 19.7. The molecule has 2 atom stereocenters. The molecule has 1 heterocycles. The minimum atomic E-state index is -1.39. The molecule has 1 fully saturated rings. The molecule has 1 amide bonds. The summed E-state index contributed by atoms with van der Waals surface area (Å²) in [6.07, 6.45) is -1.83. The lowest BCUT2D eigenvalue weighted by molar-refractivity contribution is -0.146. The molecule has 0 bridgehead atoms. The number of halogens is 3. The molecule has 0 aliphatic carbocycles. The number of rotatable bonds is 5. The van der Waals surface area contributed by atoms with Crippen LogP contribution in [0, 0.1) is 23.4 Å². The molecular formula is C17H18F3NO5. The van der Waals surface area contributed by atoms with Crippen molar-refractivity contribution in [2.24, 2.45) is 5.92 Å². The summed E-state index contributed by atoms with van der Waals surface area (Å²) in [6.45, 7) is 1.61. The van der Waals surface area contributed by atoms with Crippen LogP contribution in [-0.4, -0.2) is 41.0 Å². The van der Waals surface area contributed by atoms with E-state index in [-0.39, 0.29) is 31.6 Å². The van der Waals surface area contributed by atoms with Gasteiger partial charge in [0.05, 0.1) is 12.6 Å². The Morgan fingerprint density at radius 1 is 1.19 bits per heavy atom. The molecule has 0 spiro atoms. The Labute approximate surface area is 147 Å². The van der Waals surface area contributed by atoms with Crippen LogP contribution in [0.5, 0.6) is 0 Å². The summed E-state index contributed by atoms with van der Waals surface area (Å²) >= 11 is 0. The monoisotopic (exact) mass is 373 g/mol. The molecule has 1 aliphatic heterocycles. The Morgan fingerprint density at radius 3 is 2.46 bits per heavy atom. The third-order valence-corrected chi connectivity index (χ3v) is 4.33. The number of carboxylic acid groups (broad SMARTS) is 1. The van der Waals surface area contributed by atoms with Crippen LogP contribution in [0.15, 0.2) is 12.1 Å². The Balaban J connectivity index is 2.26. The van der Waals surface area contributed by atoms with Gasteiger partial charge in [0, 0.05) is 24.1 Å². The zero-order chi connectivity index (χ0) is 19.4. The summed E-state index contributed by atoms with van der Waals surface area (Å²) in [5.74, 6) is -5.67. The van der Waals surface area contributed by atoms with Crippen molar-refractivity contribution in [1.29, 1.82) is 0 Å². The van der Waals surface area contributed by atoms with E-state index in [1.807, 2.05) is 0 Å². The molecular weight excluding hydrogens is 355 g/mol. The summed E-state index contributed by atoms with van der Waals surface area (Å²) in [7, 11) is 0. The second-order valence-corrected chi connectivity index (χ2v) is 5.95. The number of esters is 1. The van der Waals surface area contributed by atoms with Gasteiger partial charge >= 0.3 is 12.1 Å². The van der Waals surface area contributed by atoms with Crippen molar-refractivity contribution in [2.75, 3.05) is 13.2 Å². The molecule has 2 unspecified atom stereocenters. The van der Waals surface area contributed by atoms with Gasteiger partial charge in [-0.25, -0.2) is 18.0 Å². The first-order chi connectivity index (χ1) is 12.2. The molecule has 0 saturated carbocycles. The van der Waals surface area contributed by atoms with E-state index in [9.17, 15) is 32.7 Å². The van der Waals surface area contributed by atoms with Gasteiger partial charge in [-0.3, -0.25) is 9.59 Å². The first-order valence-electron chi connectivity index (χ1n) is 8.06. The van der Waals surface area contributed by atoms with E-state index < -0.39 is 53.7 Å². The number of Topliss-reactive ketones (excluding diaryl/α,β-unsaturated/α-hetero) is 1. The Morgan fingerprint density at radius 2 is 1.85 bits per heavy atom. The SMILES string of the molecule is CCOC(=O)CC(=O)C1CCN(C(=O)O)C(c2cc(F)c(F)cc2F)C1. The minimum absolute atomic E-state index is 0.0995. The van der Waals surface area contributed by atoms with Crippen LogP contribution in [0.4, 0.5) is 18.0 Å². The van der Waals surface area contributed by atoms with Gasteiger partial charge in [-0.15, -0.1) is 0 Å². The molecule has 1 aromatic rings. The number of carbonyl (C=O) groups excluding carboxylic acids is 2. The van der Waals surface area contributed by atoms with Crippen molar-refractivity contribution in [2.45, 2.75) is 32.2 Å². The molecule has 26 heavy (non-hydrogen) atoms. The topological polar surface area (TPSA) is 83.9 Å². The number of nitrogens with zero attached hydrogens (tertiary/aromatic N) is 1. The van der Waals surface area contributed by atoms with Gasteiger partial charge in [-0.2, -0.15) is 0 Å².